The average Bonchev–Trinajstić information content (AvgIpc) is 2.42. The molecule has 1 aromatic rings. The number of nitrogens with one attached hydrogen (secondary N) is 1. The molecular formula is C12H13ClFNO5S. The number of halogens is 2. The zero-order valence-electron chi connectivity index (χ0n) is 10.8. The highest BCUT2D eigenvalue weighted by atomic mass is 35.5. The SMILES string of the molecule is O=C(O)C1(NS(=O)(=O)c2ccc(F)c(Cl)c2)CCOCC1. The van der Waals surface area contributed by atoms with Crippen molar-refractivity contribution in [3.05, 3.63) is 29.0 Å². The Balaban J connectivity index is 2.34. The molecule has 1 aliphatic heterocycles. The Morgan fingerprint density at radius 2 is 2.00 bits per heavy atom. The molecule has 0 atom stereocenters. The fourth-order valence-corrected chi connectivity index (χ4v) is 3.73. The number of aliphatic carboxylic acids is 1. The molecule has 0 bridgehead atoms. The maximum atomic E-state index is 13.1. The van der Waals surface area contributed by atoms with E-state index >= 15 is 0 Å². The molecule has 1 aliphatic rings. The minimum absolute atomic E-state index is 0.0104. The van der Waals surface area contributed by atoms with E-state index in [4.69, 9.17) is 16.3 Å². The summed E-state index contributed by atoms with van der Waals surface area (Å²) in [5.41, 5.74) is -1.63. The summed E-state index contributed by atoms with van der Waals surface area (Å²) in [5.74, 6) is -2.03. The second-order valence-electron chi connectivity index (χ2n) is 4.68. The summed E-state index contributed by atoms with van der Waals surface area (Å²) in [6.45, 7) is 0.276. The number of carbonyl (C=O) groups is 1. The number of rotatable bonds is 4. The third-order valence-corrected chi connectivity index (χ3v) is 5.11. The number of ether oxygens (including phenoxy) is 1. The molecule has 0 radical (unpaired) electrons. The predicted octanol–water partition coefficient (Wildman–Crippen LogP) is 1.39. The van der Waals surface area contributed by atoms with Crippen LogP contribution in [-0.2, 0) is 19.6 Å². The number of hydrogen-bond donors (Lipinski definition) is 2. The summed E-state index contributed by atoms with van der Waals surface area (Å²) in [4.78, 5) is 11.1. The van der Waals surface area contributed by atoms with E-state index in [1.54, 1.807) is 0 Å². The van der Waals surface area contributed by atoms with E-state index < -0.39 is 27.3 Å². The summed E-state index contributed by atoms with van der Waals surface area (Å²) in [6, 6.07) is 2.88. The van der Waals surface area contributed by atoms with Gasteiger partial charge in [-0.2, -0.15) is 4.72 Å². The Morgan fingerprint density at radius 3 is 2.52 bits per heavy atom. The zero-order valence-corrected chi connectivity index (χ0v) is 12.4. The van der Waals surface area contributed by atoms with Crippen molar-refractivity contribution in [3.63, 3.8) is 0 Å². The third-order valence-electron chi connectivity index (χ3n) is 3.29. The molecule has 2 rings (SSSR count). The first-order valence-corrected chi connectivity index (χ1v) is 7.93. The summed E-state index contributed by atoms with van der Waals surface area (Å²) in [7, 11) is -4.14. The lowest BCUT2D eigenvalue weighted by Crippen LogP contribution is -2.57. The minimum atomic E-state index is -4.14. The van der Waals surface area contributed by atoms with E-state index in [9.17, 15) is 22.7 Å². The highest BCUT2D eigenvalue weighted by Gasteiger charge is 2.43. The minimum Gasteiger partial charge on any atom is -0.480 e. The average molecular weight is 338 g/mol. The van der Waals surface area contributed by atoms with Gasteiger partial charge < -0.3 is 9.84 Å². The van der Waals surface area contributed by atoms with Crippen LogP contribution in [0.1, 0.15) is 12.8 Å². The van der Waals surface area contributed by atoms with Crippen LogP contribution in [0.5, 0.6) is 0 Å². The Bertz CT molecular complexity index is 658. The van der Waals surface area contributed by atoms with Gasteiger partial charge in [-0.05, 0) is 18.2 Å². The van der Waals surface area contributed by atoms with Gasteiger partial charge in [0.25, 0.3) is 0 Å². The van der Waals surface area contributed by atoms with Crippen LogP contribution in [0.3, 0.4) is 0 Å². The van der Waals surface area contributed by atoms with Gasteiger partial charge in [0.1, 0.15) is 11.4 Å². The molecule has 0 spiro atoms. The lowest BCUT2D eigenvalue weighted by Gasteiger charge is -2.33. The van der Waals surface area contributed by atoms with Crippen molar-refractivity contribution in [2.45, 2.75) is 23.3 Å². The van der Waals surface area contributed by atoms with Gasteiger partial charge in [0.05, 0.1) is 9.92 Å². The number of carboxylic acid groups (broad SMARTS) is 1. The van der Waals surface area contributed by atoms with Crippen LogP contribution < -0.4 is 4.72 Å². The maximum Gasteiger partial charge on any atom is 0.325 e. The molecule has 9 heteroatoms. The van der Waals surface area contributed by atoms with E-state index in [0.717, 1.165) is 18.2 Å². The molecule has 0 unspecified atom stereocenters. The monoisotopic (exact) mass is 337 g/mol. The first kappa shape index (κ1) is 16.2. The molecule has 1 saturated heterocycles. The van der Waals surface area contributed by atoms with E-state index in [2.05, 4.69) is 4.72 Å². The van der Waals surface area contributed by atoms with Crippen LogP contribution >= 0.6 is 11.6 Å². The van der Waals surface area contributed by atoms with Gasteiger partial charge in [-0.3, -0.25) is 4.79 Å². The zero-order chi connectivity index (χ0) is 15.7. The van der Waals surface area contributed by atoms with Crippen molar-refractivity contribution in [2.75, 3.05) is 13.2 Å². The van der Waals surface area contributed by atoms with E-state index in [0.29, 0.717) is 0 Å². The Morgan fingerprint density at radius 1 is 1.38 bits per heavy atom. The van der Waals surface area contributed by atoms with E-state index in [1.165, 1.54) is 0 Å². The van der Waals surface area contributed by atoms with Gasteiger partial charge in [0.15, 0.2) is 0 Å². The standard InChI is InChI=1S/C12H13ClFNO5S/c13-9-7-8(1-2-10(9)14)21(18,19)15-12(11(16)17)3-5-20-6-4-12/h1-2,7,15H,3-6H2,(H,16,17). The smallest absolute Gasteiger partial charge is 0.325 e. The van der Waals surface area contributed by atoms with Gasteiger partial charge >= 0.3 is 5.97 Å². The van der Waals surface area contributed by atoms with Crippen LogP contribution in [0, 0.1) is 5.82 Å². The second kappa shape index (κ2) is 5.88. The molecular weight excluding hydrogens is 325 g/mol. The predicted molar refractivity (Wildman–Crippen MR) is 72.2 cm³/mol. The summed E-state index contributed by atoms with van der Waals surface area (Å²) >= 11 is 5.56. The Hall–Kier alpha value is -1.22. The lowest BCUT2D eigenvalue weighted by atomic mass is 9.92. The molecule has 21 heavy (non-hydrogen) atoms. The molecule has 1 fully saturated rings. The van der Waals surface area contributed by atoms with Gasteiger partial charge in [0, 0.05) is 26.1 Å². The summed E-state index contributed by atoms with van der Waals surface area (Å²) in [5, 5.41) is 8.98. The second-order valence-corrected chi connectivity index (χ2v) is 6.77. The van der Waals surface area contributed by atoms with Crippen LogP contribution in [0.15, 0.2) is 23.1 Å². The largest absolute Gasteiger partial charge is 0.480 e. The fraction of sp³-hybridized carbons (Fsp3) is 0.417. The molecule has 0 aromatic heterocycles. The molecule has 6 nitrogen and oxygen atoms in total. The molecule has 0 aliphatic carbocycles. The van der Waals surface area contributed by atoms with Crippen molar-refractivity contribution in [1.82, 2.24) is 4.72 Å². The van der Waals surface area contributed by atoms with Crippen LogP contribution in [0.25, 0.3) is 0 Å². The molecule has 0 saturated carbocycles. The van der Waals surface area contributed by atoms with Gasteiger partial charge in [0.2, 0.25) is 10.0 Å². The number of hydrogen-bond acceptors (Lipinski definition) is 4. The third kappa shape index (κ3) is 3.34. The summed E-state index contributed by atoms with van der Waals surface area (Å²) in [6.07, 6.45) is 0.0208. The van der Waals surface area contributed by atoms with E-state index in [-0.39, 0.29) is 36.0 Å². The van der Waals surface area contributed by atoms with Crippen LogP contribution in [0.4, 0.5) is 4.39 Å². The molecule has 1 aromatic carbocycles. The molecule has 2 N–H and O–H groups in total. The maximum absolute atomic E-state index is 13.1. The fourth-order valence-electron chi connectivity index (χ4n) is 2.04. The van der Waals surface area contributed by atoms with Crippen molar-refractivity contribution >= 4 is 27.6 Å². The number of benzene rings is 1. The van der Waals surface area contributed by atoms with Crippen molar-refractivity contribution in [2.24, 2.45) is 0 Å². The van der Waals surface area contributed by atoms with Crippen molar-refractivity contribution in [1.29, 1.82) is 0 Å². The van der Waals surface area contributed by atoms with E-state index in [1.807, 2.05) is 0 Å². The Labute approximate surface area is 125 Å². The molecule has 116 valence electrons. The van der Waals surface area contributed by atoms with Crippen LogP contribution in [0.2, 0.25) is 5.02 Å². The highest BCUT2D eigenvalue weighted by Crippen LogP contribution is 2.25. The lowest BCUT2D eigenvalue weighted by molar-refractivity contribution is -0.147. The first-order valence-electron chi connectivity index (χ1n) is 6.07. The highest BCUT2D eigenvalue weighted by molar-refractivity contribution is 7.89. The molecule has 1 heterocycles. The van der Waals surface area contributed by atoms with Crippen LogP contribution in [-0.4, -0.2) is 38.2 Å². The van der Waals surface area contributed by atoms with Gasteiger partial charge in [-0.1, -0.05) is 11.6 Å². The first-order chi connectivity index (χ1) is 9.77. The van der Waals surface area contributed by atoms with Gasteiger partial charge in [-0.25, -0.2) is 12.8 Å². The van der Waals surface area contributed by atoms with Gasteiger partial charge in [-0.15, -0.1) is 0 Å². The number of carboxylic acids is 1. The normalized spacial score (nSPS) is 18.4. The number of sulfonamides is 1. The quantitative estimate of drug-likeness (QED) is 0.866. The van der Waals surface area contributed by atoms with Crippen molar-refractivity contribution in [3.8, 4) is 0 Å². The molecule has 0 amide bonds. The Kier molecular flexibility index (Phi) is 4.52. The topological polar surface area (TPSA) is 92.7 Å². The van der Waals surface area contributed by atoms with Crippen molar-refractivity contribution < 1.29 is 27.4 Å². The summed E-state index contributed by atoms with van der Waals surface area (Å²) < 4.78 is 44.9.